The molecule has 45 heavy (non-hydrogen) atoms. The number of hydrogen-bond donors (Lipinski definition) is 4. The van der Waals surface area contributed by atoms with Crippen LogP contribution >= 0.6 is 0 Å². The van der Waals surface area contributed by atoms with Crippen molar-refractivity contribution in [2.45, 2.75) is 9.79 Å². The van der Waals surface area contributed by atoms with Gasteiger partial charge in [0.05, 0.1) is 36.2 Å². The first-order valence-corrected chi connectivity index (χ1v) is 14.4. The minimum Gasteiger partial charge on any atom is -0.494 e. The van der Waals surface area contributed by atoms with Crippen LogP contribution in [-0.4, -0.2) is 61.8 Å². The zero-order chi connectivity index (χ0) is 32.6. The van der Waals surface area contributed by atoms with Crippen LogP contribution < -0.4 is 60.0 Å². The van der Waals surface area contributed by atoms with E-state index in [2.05, 4.69) is 15.8 Å². The van der Waals surface area contributed by atoms with Crippen LogP contribution in [0.5, 0.6) is 11.5 Å². The number of para-hydroxylation sites is 1. The zero-order valence-corrected chi connectivity index (χ0v) is 26.8. The van der Waals surface area contributed by atoms with E-state index in [-0.39, 0.29) is 29.6 Å². The first kappa shape index (κ1) is 34.9. The van der Waals surface area contributed by atoms with E-state index < -0.39 is 85.9 Å². The normalized spacial score (nSPS) is 12.8. The van der Waals surface area contributed by atoms with Crippen molar-refractivity contribution in [3.63, 3.8) is 0 Å². The SMILES string of the molecule is COc1cc([N+](=O)[O-])c(S(=O)(=O)O)cc1N1N=C(C(=O)Nc2ccccc2)NN1c1cc(S(=O)(=O)O)c([N+](=O)[O-])cc1OC.[Na+]. The molecule has 3 aromatic carbocycles. The molecule has 4 rings (SSSR count). The van der Waals surface area contributed by atoms with Crippen molar-refractivity contribution >= 4 is 60.4 Å². The van der Waals surface area contributed by atoms with Gasteiger partial charge in [-0.15, -0.1) is 10.2 Å². The molecule has 0 unspecified atom stereocenters. The number of hydrazone groups is 1. The number of nitro groups is 2. The van der Waals surface area contributed by atoms with Gasteiger partial charge in [0.1, 0.15) is 11.4 Å². The molecule has 3 aromatic rings. The summed E-state index contributed by atoms with van der Waals surface area (Å²) in [6, 6.07) is 10.4. The second-order valence-corrected chi connectivity index (χ2v) is 11.2. The van der Waals surface area contributed by atoms with Crippen LogP contribution in [0.25, 0.3) is 0 Å². The number of hydrazine groups is 2. The monoisotopic (exact) mass is 676 g/mol. The molecule has 4 N–H and O–H groups in total. The van der Waals surface area contributed by atoms with Crippen molar-refractivity contribution in [2.24, 2.45) is 5.10 Å². The maximum absolute atomic E-state index is 13.1. The number of carbonyl (C=O) groups excluding carboxylic acids is 1. The molecule has 1 heterocycles. The molecule has 1 amide bonds. The number of carbonyl (C=O) groups is 1. The van der Waals surface area contributed by atoms with E-state index in [9.17, 15) is 51.0 Å². The summed E-state index contributed by atoms with van der Waals surface area (Å²) >= 11 is 0. The van der Waals surface area contributed by atoms with Gasteiger partial charge in [0.25, 0.3) is 17.3 Å². The predicted molar refractivity (Wildman–Crippen MR) is 150 cm³/mol. The molecule has 0 saturated carbocycles. The number of nitrogens with one attached hydrogen (secondary N) is 2. The standard InChI is InChI=1S/C22H19N7O13S2.Na/c1-41-17-8-15(28(31)32)19(43(35,36)37)10-13(17)26-24-21(22(30)23-12-6-4-3-5-7-12)25-27(26)14-11-20(44(38,39)40)16(29(33)34)9-18(14)42-2;/h3-11H,1-2H3,(H,23,30)(H,24,25)(H,35,36,37)(H,38,39,40);/q;+1. The van der Waals surface area contributed by atoms with Crippen LogP contribution in [0.15, 0.2) is 69.5 Å². The number of nitrogens with zero attached hydrogens (tertiary/aromatic N) is 5. The topological polar surface area (TPSA) is 273 Å². The molecule has 1 aliphatic heterocycles. The molecule has 0 spiro atoms. The molecule has 0 fully saturated rings. The number of hydrogen-bond acceptors (Lipinski definition) is 15. The molecular formula is C22H19N7NaO13S2+. The first-order chi connectivity index (χ1) is 20.6. The van der Waals surface area contributed by atoms with Crippen molar-refractivity contribution < 1.29 is 79.6 Å². The first-order valence-electron chi connectivity index (χ1n) is 11.6. The maximum Gasteiger partial charge on any atom is 1.00 e. The fraction of sp³-hybridized carbons (Fsp3) is 0.0909. The summed E-state index contributed by atoms with van der Waals surface area (Å²) in [6.07, 6.45) is 0. The third-order valence-electron chi connectivity index (χ3n) is 5.76. The summed E-state index contributed by atoms with van der Waals surface area (Å²) in [5, 5.41) is 31.1. The van der Waals surface area contributed by atoms with Crippen molar-refractivity contribution in [1.29, 1.82) is 0 Å². The number of nitro benzene ring substituents is 2. The minimum absolute atomic E-state index is 0. The summed E-state index contributed by atoms with van der Waals surface area (Å²) < 4.78 is 78.2. The third-order valence-corrected chi connectivity index (χ3v) is 7.52. The van der Waals surface area contributed by atoms with Crippen molar-refractivity contribution in [2.75, 3.05) is 29.8 Å². The molecule has 0 atom stereocenters. The van der Waals surface area contributed by atoms with Gasteiger partial charge in [0, 0.05) is 5.69 Å². The summed E-state index contributed by atoms with van der Waals surface area (Å²) in [7, 11) is -8.44. The average molecular weight is 677 g/mol. The van der Waals surface area contributed by atoms with Crippen molar-refractivity contribution in [1.82, 2.24) is 5.43 Å². The van der Waals surface area contributed by atoms with E-state index in [0.29, 0.717) is 35.1 Å². The number of benzene rings is 3. The van der Waals surface area contributed by atoms with Gasteiger partial charge < -0.3 is 14.8 Å². The molecule has 0 aromatic heterocycles. The number of methoxy groups -OCH3 is 2. The number of anilines is 3. The second-order valence-electron chi connectivity index (χ2n) is 8.43. The maximum atomic E-state index is 13.1. The molecule has 0 radical (unpaired) electrons. The number of ether oxygens (including phenoxy) is 2. The Morgan fingerprint density at radius 1 is 0.867 bits per heavy atom. The minimum atomic E-state index is -5.26. The fourth-order valence-corrected chi connectivity index (χ4v) is 5.18. The van der Waals surface area contributed by atoms with E-state index in [1.807, 2.05) is 0 Å². The summed E-state index contributed by atoms with van der Waals surface area (Å²) in [6.45, 7) is 0. The van der Waals surface area contributed by atoms with Crippen molar-refractivity contribution in [3.8, 4) is 11.5 Å². The Hall–Kier alpha value is -4.58. The summed E-state index contributed by atoms with van der Waals surface area (Å²) in [4.78, 5) is 31.6. The summed E-state index contributed by atoms with van der Waals surface area (Å²) in [5.41, 5.74) is -0.354. The van der Waals surface area contributed by atoms with E-state index in [1.54, 1.807) is 18.2 Å². The van der Waals surface area contributed by atoms with Crippen LogP contribution in [0.1, 0.15) is 0 Å². The average Bonchev–Trinajstić information content (AvgIpc) is 3.40. The Morgan fingerprint density at radius 2 is 1.33 bits per heavy atom. The van der Waals surface area contributed by atoms with Gasteiger partial charge in [-0.05, 0) is 24.3 Å². The molecule has 0 bridgehead atoms. The molecule has 20 nitrogen and oxygen atoms in total. The van der Waals surface area contributed by atoms with Gasteiger partial charge >= 0.3 is 49.8 Å². The Bertz CT molecular complexity index is 1940. The quantitative estimate of drug-likeness (QED) is 0.0842. The van der Waals surface area contributed by atoms with Gasteiger partial charge in [-0.25, -0.2) is 0 Å². The summed E-state index contributed by atoms with van der Waals surface area (Å²) in [5.74, 6) is -2.36. The second kappa shape index (κ2) is 13.2. The van der Waals surface area contributed by atoms with Crippen molar-refractivity contribution in [3.05, 3.63) is 74.8 Å². The Labute approximate surface area is 275 Å². The zero-order valence-electron chi connectivity index (χ0n) is 23.1. The molecule has 0 aliphatic carbocycles. The van der Waals surface area contributed by atoms with Gasteiger partial charge in [-0.3, -0.25) is 39.6 Å². The van der Waals surface area contributed by atoms with E-state index in [4.69, 9.17) is 9.47 Å². The number of amides is 1. The van der Waals surface area contributed by atoms with Crippen LogP contribution in [0.2, 0.25) is 0 Å². The van der Waals surface area contributed by atoms with E-state index >= 15 is 0 Å². The Balaban J connectivity index is 0.00000552. The van der Waals surface area contributed by atoms with Crippen LogP contribution in [-0.2, 0) is 25.0 Å². The van der Waals surface area contributed by atoms with Crippen LogP contribution in [0, 0.1) is 20.2 Å². The Morgan fingerprint density at radius 3 is 1.78 bits per heavy atom. The van der Waals surface area contributed by atoms with Gasteiger partial charge in [0.2, 0.25) is 5.84 Å². The largest absolute Gasteiger partial charge is 1.00 e. The molecule has 1 aliphatic rings. The fourth-order valence-electron chi connectivity index (χ4n) is 3.87. The molecule has 0 saturated heterocycles. The van der Waals surface area contributed by atoms with Crippen LogP contribution in [0.3, 0.4) is 0 Å². The third kappa shape index (κ3) is 7.22. The number of amidine groups is 1. The predicted octanol–water partition coefficient (Wildman–Crippen LogP) is -1.28. The molecular weight excluding hydrogens is 657 g/mol. The van der Waals surface area contributed by atoms with E-state index in [1.165, 1.54) is 12.1 Å². The number of rotatable bonds is 10. The smallest absolute Gasteiger partial charge is 0.494 e. The molecule has 23 heteroatoms. The molecule has 232 valence electrons. The Kier molecular flexibility index (Phi) is 10.2. The van der Waals surface area contributed by atoms with Crippen LogP contribution in [0.4, 0.5) is 28.4 Å². The van der Waals surface area contributed by atoms with Gasteiger partial charge in [0.15, 0.2) is 21.3 Å². The van der Waals surface area contributed by atoms with Gasteiger partial charge in [-0.1, -0.05) is 18.2 Å². The van der Waals surface area contributed by atoms with E-state index in [0.717, 1.165) is 19.3 Å². The van der Waals surface area contributed by atoms with Gasteiger partial charge in [-0.2, -0.15) is 22.0 Å².